The normalized spacial score (nSPS) is 15.0. The van der Waals surface area contributed by atoms with E-state index in [0.717, 1.165) is 23.8 Å². The second-order valence-electron chi connectivity index (χ2n) is 8.33. The van der Waals surface area contributed by atoms with E-state index in [1.54, 1.807) is 24.3 Å². The van der Waals surface area contributed by atoms with Crippen LogP contribution >= 0.6 is 0 Å². The number of ether oxygens (including phenoxy) is 2. The molecule has 0 amide bonds. The van der Waals surface area contributed by atoms with Gasteiger partial charge in [-0.25, -0.2) is 13.1 Å². The first-order chi connectivity index (χ1) is 16.7. The van der Waals surface area contributed by atoms with E-state index in [2.05, 4.69) is 25.7 Å². The smallest absolute Gasteiger partial charge is 0.322 e. The number of rotatable bonds is 8. The molecule has 2 aromatic carbocycles. The van der Waals surface area contributed by atoms with Gasteiger partial charge in [-0.15, -0.1) is 0 Å². The molecule has 3 aromatic rings. The van der Waals surface area contributed by atoms with Crippen LogP contribution in [0.1, 0.15) is 43.0 Å². The minimum absolute atomic E-state index is 0.0723. The molecule has 0 unspecified atom stereocenters. The summed E-state index contributed by atoms with van der Waals surface area (Å²) in [7, 11) is -2.72. The lowest BCUT2D eigenvalue weighted by molar-refractivity contribution is -0.137. The van der Waals surface area contributed by atoms with Crippen molar-refractivity contribution in [2.45, 2.75) is 38.8 Å². The Kier molecular flexibility index (Phi) is 6.86. The van der Waals surface area contributed by atoms with Crippen LogP contribution in [0.2, 0.25) is 0 Å². The average Bonchev–Trinajstić information content (AvgIpc) is 3.46. The fraction of sp³-hybridized carbons (Fsp3) is 0.333. The number of aromatic nitrogens is 2. The van der Waals surface area contributed by atoms with E-state index in [0.29, 0.717) is 35.5 Å². The number of carbonyl (C=O) groups is 1. The van der Waals surface area contributed by atoms with Crippen LogP contribution in [0.5, 0.6) is 5.75 Å². The number of benzene rings is 2. The second-order valence-corrected chi connectivity index (χ2v) is 10.1. The zero-order valence-electron chi connectivity index (χ0n) is 19.4. The van der Waals surface area contributed by atoms with Crippen molar-refractivity contribution in [3.63, 3.8) is 0 Å². The monoisotopic (exact) mass is 496 g/mol. The van der Waals surface area contributed by atoms with Crippen molar-refractivity contribution in [3.05, 3.63) is 53.1 Å². The van der Waals surface area contributed by atoms with E-state index in [9.17, 15) is 18.5 Å². The number of hydrogen-bond acceptors (Lipinski definition) is 9. The van der Waals surface area contributed by atoms with Crippen LogP contribution in [0.3, 0.4) is 0 Å². The minimum Gasteiger partial charge on any atom is -0.490 e. The van der Waals surface area contributed by atoms with Gasteiger partial charge in [0.25, 0.3) is 5.89 Å². The molecule has 0 spiro atoms. The number of sulfonamides is 1. The van der Waals surface area contributed by atoms with Gasteiger partial charge < -0.3 is 14.0 Å². The van der Waals surface area contributed by atoms with Gasteiger partial charge in [0.05, 0.1) is 18.8 Å². The van der Waals surface area contributed by atoms with Crippen LogP contribution in [-0.2, 0) is 26.0 Å². The molecule has 4 rings (SSSR count). The van der Waals surface area contributed by atoms with Crippen LogP contribution in [0.4, 0.5) is 0 Å². The minimum atomic E-state index is -3.86. The highest BCUT2D eigenvalue weighted by Gasteiger charge is 2.30. The lowest BCUT2D eigenvalue weighted by atomic mass is 10.0. The summed E-state index contributed by atoms with van der Waals surface area (Å²) in [4.78, 5) is 15.9. The van der Waals surface area contributed by atoms with Gasteiger partial charge in [-0.3, -0.25) is 4.79 Å². The fourth-order valence-corrected chi connectivity index (χ4v) is 5.21. The van der Waals surface area contributed by atoms with Gasteiger partial charge in [0, 0.05) is 17.2 Å². The van der Waals surface area contributed by atoms with Gasteiger partial charge in [0.15, 0.2) is 5.75 Å². The maximum atomic E-state index is 12.3. The standard InChI is InChI=1S/C24H24N4O6S/c1-14(2)33-21-10-7-15(11-16(21)12-25)24-26-23(27-34-24)19-6-4-5-18-17(19)8-9-20(18)28-35(30,31)13-22(29)32-3/h4-7,10-11,14,20,28H,8-9,13H2,1-3H3/t20-/m1/s1. The number of nitriles is 1. The molecule has 1 aromatic heterocycles. The highest BCUT2D eigenvalue weighted by molar-refractivity contribution is 7.90. The molecule has 1 atom stereocenters. The average molecular weight is 497 g/mol. The zero-order chi connectivity index (χ0) is 25.2. The highest BCUT2D eigenvalue weighted by atomic mass is 32.2. The molecule has 35 heavy (non-hydrogen) atoms. The number of nitrogens with one attached hydrogen (secondary N) is 1. The summed E-state index contributed by atoms with van der Waals surface area (Å²) >= 11 is 0. The largest absolute Gasteiger partial charge is 0.490 e. The molecule has 0 saturated heterocycles. The van der Waals surface area contributed by atoms with Gasteiger partial charge in [0.2, 0.25) is 15.8 Å². The number of fused-ring (bicyclic) bond motifs is 1. The van der Waals surface area contributed by atoms with Gasteiger partial charge >= 0.3 is 5.97 Å². The molecule has 0 saturated carbocycles. The van der Waals surface area contributed by atoms with Crippen molar-refractivity contribution in [3.8, 4) is 34.7 Å². The summed E-state index contributed by atoms with van der Waals surface area (Å²) in [5.41, 5.74) is 3.37. The Balaban J connectivity index is 1.60. The van der Waals surface area contributed by atoms with Gasteiger partial charge in [-0.2, -0.15) is 10.2 Å². The molecule has 182 valence electrons. The van der Waals surface area contributed by atoms with Gasteiger partial charge in [-0.1, -0.05) is 23.4 Å². The Hall–Kier alpha value is -3.75. The maximum Gasteiger partial charge on any atom is 0.322 e. The number of methoxy groups -OCH3 is 1. The predicted octanol–water partition coefficient (Wildman–Crippen LogP) is 3.14. The first-order valence-corrected chi connectivity index (χ1v) is 12.6. The second kappa shape index (κ2) is 9.85. The maximum absolute atomic E-state index is 12.3. The Labute approximate surface area is 202 Å². The molecule has 1 aliphatic carbocycles. The summed E-state index contributed by atoms with van der Waals surface area (Å²) in [5, 5.41) is 13.6. The van der Waals surface area contributed by atoms with E-state index in [-0.39, 0.29) is 12.0 Å². The predicted molar refractivity (Wildman–Crippen MR) is 126 cm³/mol. The molecule has 1 aliphatic rings. The number of carbonyl (C=O) groups excluding carboxylic acids is 1. The SMILES string of the molecule is COC(=O)CS(=O)(=O)N[C@@H]1CCc2c(-c3noc(-c4ccc(OC(C)C)c(C#N)c4)n3)cccc21. The van der Waals surface area contributed by atoms with Crippen molar-refractivity contribution >= 4 is 16.0 Å². The van der Waals surface area contributed by atoms with E-state index >= 15 is 0 Å². The third kappa shape index (κ3) is 5.34. The molecule has 1 heterocycles. The molecular formula is C24H24N4O6S. The highest BCUT2D eigenvalue weighted by Crippen LogP contribution is 2.38. The lowest BCUT2D eigenvalue weighted by Gasteiger charge is -2.14. The van der Waals surface area contributed by atoms with Crippen LogP contribution in [0.15, 0.2) is 40.9 Å². The Morgan fingerprint density at radius 3 is 2.83 bits per heavy atom. The Morgan fingerprint density at radius 1 is 1.31 bits per heavy atom. The molecule has 1 N–H and O–H groups in total. The number of esters is 1. The van der Waals surface area contributed by atoms with Crippen molar-refractivity contribution in [2.75, 3.05) is 12.9 Å². The third-order valence-corrected chi connectivity index (χ3v) is 6.76. The molecule has 11 heteroatoms. The van der Waals surface area contributed by atoms with E-state index in [4.69, 9.17) is 9.26 Å². The van der Waals surface area contributed by atoms with Crippen molar-refractivity contribution in [2.24, 2.45) is 0 Å². The van der Waals surface area contributed by atoms with Crippen molar-refractivity contribution < 1.29 is 27.2 Å². The van der Waals surface area contributed by atoms with Crippen molar-refractivity contribution in [1.29, 1.82) is 5.26 Å². The summed E-state index contributed by atoms with van der Waals surface area (Å²) in [6, 6.07) is 12.2. The van der Waals surface area contributed by atoms with E-state index in [1.807, 2.05) is 26.0 Å². The summed E-state index contributed by atoms with van der Waals surface area (Å²) in [6.07, 6.45) is 1.05. The Bertz CT molecular complexity index is 1410. The first kappa shape index (κ1) is 24.4. The summed E-state index contributed by atoms with van der Waals surface area (Å²) in [6.45, 7) is 3.76. The van der Waals surface area contributed by atoms with Crippen LogP contribution in [0.25, 0.3) is 22.8 Å². The topological polar surface area (TPSA) is 144 Å². The number of nitrogens with zero attached hydrogens (tertiary/aromatic N) is 3. The van der Waals surface area contributed by atoms with Crippen LogP contribution in [-0.4, -0.2) is 43.5 Å². The molecule has 0 radical (unpaired) electrons. The van der Waals surface area contributed by atoms with Crippen molar-refractivity contribution in [1.82, 2.24) is 14.9 Å². The third-order valence-electron chi connectivity index (χ3n) is 5.50. The molecule has 10 nitrogen and oxygen atoms in total. The van der Waals surface area contributed by atoms with Crippen LogP contribution in [0, 0.1) is 11.3 Å². The molecule has 0 fully saturated rings. The first-order valence-electron chi connectivity index (χ1n) is 10.9. The Morgan fingerprint density at radius 2 is 2.11 bits per heavy atom. The van der Waals surface area contributed by atoms with Gasteiger partial charge in [0.1, 0.15) is 11.8 Å². The quantitative estimate of drug-likeness (QED) is 0.465. The van der Waals surface area contributed by atoms with E-state index in [1.165, 1.54) is 0 Å². The summed E-state index contributed by atoms with van der Waals surface area (Å²) in [5.74, 6) is -0.483. The fourth-order valence-electron chi connectivity index (χ4n) is 4.02. The molecular weight excluding hydrogens is 472 g/mol. The number of hydrogen-bond donors (Lipinski definition) is 1. The zero-order valence-corrected chi connectivity index (χ0v) is 20.3. The van der Waals surface area contributed by atoms with Gasteiger partial charge in [-0.05, 0) is 56.0 Å². The molecule has 0 aliphatic heterocycles. The van der Waals surface area contributed by atoms with E-state index < -0.39 is 27.8 Å². The molecule has 0 bridgehead atoms. The lowest BCUT2D eigenvalue weighted by Crippen LogP contribution is -2.33. The summed E-state index contributed by atoms with van der Waals surface area (Å²) < 4.78 is 42.8. The van der Waals surface area contributed by atoms with Crippen LogP contribution < -0.4 is 9.46 Å².